The third-order valence-corrected chi connectivity index (χ3v) is 29.5. The van der Waals surface area contributed by atoms with Gasteiger partial charge in [-0.3, -0.25) is 39.4 Å². The number of amides is 2. The number of β-amino-alcohol motifs (C(OH)–C–C–N with tert-alkyl or cyclic N) is 4. The number of amidine groups is 2. The Bertz CT molecular complexity index is 6110. The van der Waals surface area contributed by atoms with Crippen molar-refractivity contribution in [1.29, 1.82) is 0 Å². The summed E-state index contributed by atoms with van der Waals surface area (Å²) in [5.74, 6) is 11.6. The van der Waals surface area contributed by atoms with Crippen LogP contribution in [0.2, 0.25) is 0 Å². The second-order valence-corrected chi connectivity index (χ2v) is 41.9. The predicted octanol–water partition coefficient (Wildman–Crippen LogP) is 16.5. The Kier molecular flexibility index (Phi) is 29.5. The molecule has 20 rings (SSSR count). The molecule has 712 valence electrons. The van der Waals surface area contributed by atoms with Gasteiger partial charge in [0.25, 0.3) is 0 Å². The van der Waals surface area contributed by atoms with Crippen LogP contribution in [0.15, 0.2) is 207 Å². The van der Waals surface area contributed by atoms with Gasteiger partial charge in [-0.05, 0) is 256 Å². The number of aliphatic imine (C=N–C) groups is 2. The quantitative estimate of drug-likeness (QED) is 0.0167. The minimum atomic E-state index is -0.704. The van der Waals surface area contributed by atoms with E-state index in [2.05, 4.69) is 119 Å². The van der Waals surface area contributed by atoms with Crippen molar-refractivity contribution in [2.75, 3.05) is 117 Å². The Labute approximate surface area is 809 Å². The number of benzene rings is 4. The Morgan fingerprint density at radius 3 is 1.15 bits per heavy atom. The standard InChI is InChI=1S/C27H31N5O2S.C26H29N5O2S.C24H31N7O2S.C23H29N7O2S/c1-2-21(33)11-17-3-9-22(10-4-17)35-26-30-24(29-23-12-19(14-28-23)18-5-6-18)13-25(31-26)32-15-27(34,16-32)20-7-8-20;1-16-10-22(27-13-16)28-23-12-24(31-14-26(33,15-31)19-6-7-19)30-25(29-23)34-20-8-2-17(3-9-20)11-21(32)18-4-5-18;1-5-15(3)24(33)13-31(14-24)21-12-19(26-20-11-16(4)29-30-20)27-23(28-21)34-18-9-7-17(8-10-18)25-22(32)6-2;1-5-21(31)24-16-6-8-17(9-7-16)33-22-26-18(25-19-10-15(4)28-29-19)11-20(27-22)30-12-23(32,13-30)14(2)3/h3-4,9-10,12-13,18,20,34H,2,5-8,11,14-16H2,1H3,(H,28,29,30,31);2-3,8-10,12,18-19,33H,4-7,11,13-15H2,1H3,(H,27,28,29,30);7-12,15,33H,5-6,13-14H2,1-4H3,(H,25,32)(H2,26,27,28,29,30);6-11,14,32H,5,12-13H2,1-4H3,(H,24,31)(H2,25,26,27,28,29). The first kappa shape index (κ1) is 96.1. The second-order valence-electron chi connectivity index (χ2n) is 37.7. The van der Waals surface area contributed by atoms with Gasteiger partial charge in [0.15, 0.2) is 32.3 Å². The second kappa shape index (κ2) is 41.7. The summed E-state index contributed by atoms with van der Waals surface area (Å²) in [7, 11) is 0. The van der Waals surface area contributed by atoms with E-state index in [9.17, 15) is 39.6 Å². The molecule has 1 unspecified atom stereocenters. The van der Waals surface area contributed by atoms with E-state index in [0.717, 1.165) is 146 Å². The molecule has 4 saturated heterocycles. The number of rotatable bonds is 34. The number of H-pyrrole nitrogens is 2. The van der Waals surface area contributed by atoms with Gasteiger partial charge < -0.3 is 71.9 Å². The highest BCUT2D eigenvalue weighted by Gasteiger charge is 2.54. The molecule has 1 atom stereocenters. The summed E-state index contributed by atoms with van der Waals surface area (Å²) in [6, 6.07) is 42.8. The molecule has 36 heteroatoms. The van der Waals surface area contributed by atoms with Gasteiger partial charge in [0.1, 0.15) is 92.2 Å². The number of hydrogen-bond donors (Lipinski definition) is 12. The highest BCUT2D eigenvalue weighted by atomic mass is 32.2. The van der Waals surface area contributed by atoms with Crippen LogP contribution in [0.5, 0.6) is 0 Å². The van der Waals surface area contributed by atoms with E-state index in [-0.39, 0.29) is 29.4 Å². The average molecular weight is 1910 g/mol. The van der Waals surface area contributed by atoms with Gasteiger partial charge in [-0.15, -0.1) is 0 Å². The first-order valence-electron chi connectivity index (χ1n) is 47.2. The lowest BCUT2D eigenvalue weighted by molar-refractivity contribution is -0.120. The number of carbonyl (C=O) groups excluding carboxylic acids is 4. The number of hydrogen-bond acceptors (Lipinski definition) is 32. The molecule has 8 fully saturated rings. The number of ketones is 2. The number of Topliss-reactive ketones (excluding diaryl/α,β-unsaturated/α-hetero) is 2. The smallest absolute Gasteiger partial charge is 0.224 e. The van der Waals surface area contributed by atoms with E-state index in [1.54, 1.807) is 0 Å². The maximum atomic E-state index is 12.1. The maximum Gasteiger partial charge on any atom is 0.224 e. The number of anilines is 12. The summed E-state index contributed by atoms with van der Waals surface area (Å²) in [6.07, 6.45) is 16.7. The highest BCUT2D eigenvalue weighted by molar-refractivity contribution is 8.00. The maximum absolute atomic E-state index is 12.1. The highest BCUT2D eigenvalue weighted by Crippen LogP contribution is 2.49. The van der Waals surface area contributed by atoms with E-state index in [4.69, 9.17) is 29.9 Å². The van der Waals surface area contributed by atoms with E-state index in [0.29, 0.717) is 170 Å². The molecule has 0 bridgehead atoms. The summed E-state index contributed by atoms with van der Waals surface area (Å²) in [4.78, 5) is 107. The lowest BCUT2D eigenvalue weighted by Crippen LogP contribution is -2.65. The zero-order chi connectivity index (χ0) is 95.2. The largest absolute Gasteiger partial charge is 0.386 e. The minimum absolute atomic E-state index is 0.0207. The number of aliphatic hydroxyl groups is 4. The molecule has 10 aromatic rings. The molecule has 4 aromatic carbocycles. The van der Waals surface area contributed by atoms with Crippen LogP contribution >= 0.6 is 47.0 Å². The van der Waals surface area contributed by atoms with Gasteiger partial charge in [0, 0.05) is 117 Å². The Morgan fingerprint density at radius 2 is 0.801 bits per heavy atom. The molecule has 6 aromatic heterocycles. The van der Waals surface area contributed by atoms with Gasteiger partial charge in [-0.2, -0.15) is 10.2 Å². The SMILES string of the molecule is CC1=CC(Nc2cc(N3CC(O)(C4CC4)C3)nc(Sc3ccc(CC(=O)C4CC4)cc3)n2)=NC1.CCC(=O)Cc1ccc(Sc2nc(NC3=NCC(C4CC4)=C3)cc(N3CC(O)(C4CC4)C3)n2)cc1.CCC(=O)Nc1ccc(Sc2nc(Nc3cc(C)[nH]n3)cc(N3CC(O)(C(C)C)C3)n2)cc1.CCC(=O)Nc1ccc(Sc2nc(Nc3cc(C)[nH]n3)cc(N3CC(O)(C(C)CC)C3)n2)cc1. The van der Waals surface area contributed by atoms with Crippen LogP contribution in [0, 0.1) is 49.4 Å². The zero-order valence-corrected chi connectivity index (χ0v) is 81.8. The fourth-order valence-corrected chi connectivity index (χ4v) is 19.6. The third-order valence-electron chi connectivity index (χ3n) is 26.0. The Hall–Kier alpha value is -11.6. The first-order valence-corrected chi connectivity index (χ1v) is 50.5. The van der Waals surface area contributed by atoms with Crippen LogP contribution in [0.25, 0.3) is 0 Å². The fourth-order valence-electron chi connectivity index (χ4n) is 16.6. The number of aromatic nitrogens is 12. The van der Waals surface area contributed by atoms with Crippen LogP contribution in [0.3, 0.4) is 0 Å². The molecule has 12 heterocycles. The third kappa shape index (κ3) is 25.0. The molecular weight excluding hydrogens is 1790 g/mol. The van der Waals surface area contributed by atoms with Crippen LogP contribution in [-0.4, -0.2) is 204 Å². The predicted molar refractivity (Wildman–Crippen MR) is 537 cm³/mol. The van der Waals surface area contributed by atoms with Gasteiger partial charge in [0.05, 0.1) is 65.4 Å². The van der Waals surface area contributed by atoms with Crippen molar-refractivity contribution in [3.05, 3.63) is 179 Å². The molecular formula is C100H120N24O8S4. The van der Waals surface area contributed by atoms with Crippen LogP contribution < -0.4 is 51.5 Å². The van der Waals surface area contributed by atoms with Crippen LogP contribution in [0.4, 0.5) is 69.6 Å². The number of nitrogens with one attached hydrogen (secondary N) is 8. The first-order chi connectivity index (χ1) is 65.4. The fraction of sp³-hybridized carbons (Fsp3) is 0.440. The van der Waals surface area contributed by atoms with Crippen molar-refractivity contribution in [2.24, 2.45) is 45.5 Å². The molecule has 0 spiro atoms. The summed E-state index contributed by atoms with van der Waals surface area (Å²) in [5.41, 5.74) is 5.56. The topological polar surface area (TPSA) is 420 Å². The monoisotopic (exact) mass is 1910 g/mol. The Balaban J connectivity index is 0.000000126. The lowest BCUT2D eigenvalue weighted by Gasteiger charge is -2.50. The van der Waals surface area contributed by atoms with E-state index in [1.807, 2.05) is 188 Å². The van der Waals surface area contributed by atoms with Crippen molar-refractivity contribution in [1.82, 2.24) is 60.3 Å². The van der Waals surface area contributed by atoms with Gasteiger partial charge >= 0.3 is 0 Å². The van der Waals surface area contributed by atoms with E-state index < -0.39 is 22.4 Å². The normalized spacial score (nSPS) is 18.1. The molecule has 136 heavy (non-hydrogen) atoms. The molecule has 0 radical (unpaired) electrons. The summed E-state index contributed by atoms with van der Waals surface area (Å²) < 4.78 is 0. The van der Waals surface area contributed by atoms with Crippen molar-refractivity contribution in [3.63, 3.8) is 0 Å². The van der Waals surface area contributed by atoms with Crippen molar-refractivity contribution in [2.45, 2.75) is 222 Å². The summed E-state index contributed by atoms with van der Waals surface area (Å²) >= 11 is 5.87. The van der Waals surface area contributed by atoms with Crippen molar-refractivity contribution in [3.8, 4) is 0 Å². The average Bonchev–Trinajstić information content (AvgIpc) is 1.52. The molecule has 2 amide bonds. The molecule has 6 aliphatic heterocycles. The number of carbonyl (C=O) groups is 4. The van der Waals surface area contributed by atoms with E-state index >= 15 is 0 Å². The van der Waals surface area contributed by atoms with Crippen molar-refractivity contribution >= 4 is 152 Å². The van der Waals surface area contributed by atoms with E-state index in [1.165, 1.54) is 71.0 Å². The molecule has 12 N–H and O–H groups in total. The molecule has 4 saturated carbocycles. The van der Waals surface area contributed by atoms with Crippen LogP contribution in [0.1, 0.15) is 155 Å². The number of aryl methyl sites for hydroxylation is 2. The molecule has 32 nitrogen and oxygen atoms in total. The molecule has 4 aliphatic carbocycles. The number of nitrogens with zero attached hydrogens (tertiary/aromatic N) is 16. The van der Waals surface area contributed by atoms with Crippen LogP contribution in [-0.2, 0) is 32.0 Å². The van der Waals surface area contributed by atoms with Gasteiger partial charge in [-0.25, -0.2) is 39.9 Å². The van der Waals surface area contributed by atoms with Crippen molar-refractivity contribution < 1.29 is 39.6 Å². The van der Waals surface area contributed by atoms with Gasteiger partial charge in [0.2, 0.25) is 11.8 Å². The number of aromatic amines is 2. The molecule has 10 aliphatic rings. The van der Waals surface area contributed by atoms with Gasteiger partial charge in [-0.1, -0.05) is 79.2 Å². The lowest BCUT2D eigenvalue weighted by atomic mass is 9.80. The summed E-state index contributed by atoms with van der Waals surface area (Å²) in [5, 5.41) is 78.8. The minimum Gasteiger partial charge on any atom is -0.386 e. The zero-order valence-electron chi connectivity index (χ0n) is 78.5. The Morgan fingerprint density at radius 1 is 0.426 bits per heavy atom. The summed E-state index contributed by atoms with van der Waals surface area (Å²) in [6.45, 7) is 25.8.